The van der Waals surface area contributed by atoms with Crippen molar-refractivity contribution in [2.24, 2.45) is 0 Å². The van der Waals surface area contributed by atoms with Gasteiger partial charge in [0.15, 0.2) is 11.6 Å². The van der Waals surface area contributed by atoms with Gasteiger partial charge in [-0.1, -0.05) is 12.1 Å². The van der Waals surface area contributed by atoms with E-state index in [1.54, 1.807) is 25.1 Å². The lowest BCUT2D eigenvalue weighted by Crippen LogP contribution is -2.38. The standard InChI is InChI=1S/C13H17FN2O/c1-9(2)16-11(7-15)8-17-12-6-4-5-10(3)13(12)14/h4-6,9,11,16H,8H2,1-3H3. The van der Waals surface area contributed by atoms with Gasteiger partial charge in [0.2, 0.25) is 0 Å². The third-order valence-corrected chi connectivity index (χ3v) is 2.25. The van der Waals surface area contributed by atoms with Crippen LogP contribution in [0.3, 0.4) is 0 Å². The molecule has 0 saturated heterocycles. The van der Waals surface area contributed by atoms with Crippen molar-refractivity contribution in [2.45, 2.75) is 32.9 Å². The molecule has 0 aliphatic heterocycles. The third kappa shape index (κ3) is 4.04. The third-order valence-electron chi connectivity index (χ3n) is 2.25. The molecule has 1 aromatic rings. The predicted octanol–water partition coefficient (Wildman–Crippen LogP) is 2.40. The molecule has 1 atom stereocenters. The molecule has 92 valence electrons. The molecular weight excluding hydrogens is 219 g/mol. The molecule has 0 heterocycles. The maximum atomic E-state index is 13.6. The molecule has 0 aliphatic rings. The average Bonchev–Trinajstić information content (AvgIpc) is 2.28. The van der Waals surface area contributed by atoms with E-state index in [0.717, 1.165) is 0 Å². The number of hydrogen-bond acceptors (Lipinski definition) is 3. The van der Waals surface area contributed by atoms with Crippen molar-refractivity contribution in [3.8, 4) is 11.8 Å². The molecule has 0 saturated carbocycles. The maximum Gasteiger partial charge on any atom is 0.167 e. The van der Waals surface area contributed by atoms with Crippen molar-refractivity contribution in [2.75, 3.05) is 6.61 Å². The number of halogens is 1. The van der Waals surface area contributed by atoms with E-state index in [1.165, 1.54) is 0 Å². The summed E-state index contributed by atoms with van der Waals surface area (Å²) in [7, 11) is 0. The number of nitrogens with one attached hydrogen (secondary N) is 1. The van der Waals surface area contributed by atoms with Crippen LogP contribution in [0.4, 0.5) is 4.39 Å². The van der Waals surface area contributed by atoms with Crippen molar-refractivity contribution in [3.63, 3.8) is 0 Å². The Hall–Kier alpha value is -1.60. The zero-order valence-corrected chi connectivity index (χ0v) is 10.3. The fourth-order valence-electron chi connectivity index (χ4n) is 1.43. The van der Waals surface area contributed by atoms with E-state index in [0.29, 0.717) is 5.56 Å². The van der Waals surface area contributed by atoms with Gasteiger partial charge in [-0.2, -0.15) is 5.26 Å². The van der Waals surface area contributed by atoms with Gasteiger partial charge in [-0.25, -0.2) is 4.39 Å². The minimum absolute atomic E-state index is 0.134. The molecule has 4 heteroatoms. The zero-order chi connectivity index (χ0) is 12.8. The maximum absolute atomic E-state index is 13.6. The quantitative estimate of drug-likeness (QED) is 0.853. The second-order valence-corrected chi connectivity index (χ2v) is 4.20. The molecule has 0 bridgehead atoms. The molecule has 0 radical (unpaired) electrons. The highest BCUT2D eigenvalue weighted by Gasteiger charge is 2.11. The van der Waals surface area contributed by atoms with Gasteiger partial charge in [-0.05, 0) is 32.4 Å². The fraction of sp³-hybridized carbons (Fsp3) is 0.462. The van der Waals surface area contributed by atoms with Crippen LogP contribution in [0, 0.1) is 24.1 Å². The summed E-state index contributed by atoms with van der Waals surface area (Å²) in [6.45, 7) is 5.70. The van der Waals surface area contributed by atoms with Crippen molar-refractivity contribution in [1.82, 2.24) is 5.32 Å². The Morgan fingerprint density at radius 1 is 1.47 bits per heavy atom. The van der Waals surface area contributed by atoms with E-state index < -0.39 is 6.04 Å². The van der Waals surface area contributed by atoms with Gasteiger partial charge < -0.3 is 4.74 Å². The monoisotopic (exact) mass is 236 g/mol. The topological polar surface area (TPSA) is 45.0 Å². The van der Waals surface area contributed by atoms with Crippen molar-refractivity contribution in [3.05, 3.63) is 29.6 Å². The summed E-state index contributed by atoms with van der Waals surface area (Å²) in [5, 5.41) is 11.9. The molecule has 0 spiro atoms. The molecule has 0 amide bonds. The Bertz CT molecular complexity index is 412. The second kappa shape index (κ2) is 6.21. The first kappa shape index (κ1) is 13.5. The highest BCUT2D eigenvalue weighted by molar-refractivity contribution is 5.30. The molecule has 1 rings (SSSR count). The molecule has 1 unspecified atom stereocenters. The summed E-state index contributed by atoms with van der Waals surface area (Å²) in [6, 6.07) is 6.80. The van der Waals surface area contributed by atoms with Crippen molar-refractivity contribution < 1.29 is 9.13 Å². The molecule has 17 heavy (non-hydrogen) atoms. The number of ether oxygens (including phenoxy) is 1. The average molecular weight is 236 g/mol. The van der Waals surface area contributed by atoms with Crippen LogP contribution in [0.5, 0.6) is 5.75 Å². The number of benzene rings is 1. The summed E-state index contributed by atoms with van der Waals surface area (Å²) in [5.74, 6) is -0.176. The van der Waals surface area contributed by atoms with Crippen LogP contribution in [0.2, 0.25) is 0 Å². The summed E-state index contributed by atoms with van der Waals surface area (Å²) >= 11 is 0. The first-order chi connectivity index (χ1) is 8.04. The number of hydrogen-bond donors (Lipinski definition) is 1. The van der Waals surface area contributed by atoms with Crippen LogP contribution in [0.25, 0.3) is 0 Å². The van der Waals surface area contributed by atoms with Gasteiger partial charge in [0, 0.05) is 6.04 Å². The first-order valence-corrected chi connectivity index (χ1v) is 5.58. The van der Waals surface area contributed by atoms with Crippen LogP contribution in [0.1, 0.15) is 19.4 Å². The van der Waals surface area contributed by atoms with E-state index in [1.807, 2.05) is 13.8 Å². The lowest BCUT2D eigenvalue weighted by Gasteiger charge is -2.15. The minimum Gasteiger partial charge on any atom is -0.488 e. The van der Waals surface area contributed by atoms with E-state index in [9.17, 15) is 4.39 Å². The molecule has 0 aromatic heterocycles. The SMILES string of the molecule is Cc1cccc(OCC(C#N)NC(C)C)c1F. The Kier molecular flexibility index (Phi) is 4.92. The Balaban J connectivity index is 2.60. The summed E-state index contributed by atoms with van der Waals surface area (Å²) in [5.41, 5.74) is 0.535. The predicted molar refractivity (Wildman–Crippen MR) is 64.3 cm³/mol. The highest BCUT2D eigenvalue weighted by atomic mass is 19.1. The first-order valence-electron chi connectivity index (χ1n) is 5.58. The zero-order valence-electron chi connectivity index (χ0n) is 10.3. The van der Waals surface area contributed by atoms with E-state index in [4.69, 9.17) is 10.00 Å². The molecule has 1 aromatic carbocycles. The van der Waals surface area contributed by atoms with Crippen LogP contribution in [-0.4, -0.2) is 18.7 Å². The lowest BCUT2D eigenvalue weighted by atomic mass is 10.2. The van der Waals surface area contributed by atoms with Gasteiger partial charge in [-0.3, -0.25) is 5.32 Å². The normalized spacial score (nSPS) is 12.2. The largest absolute Gasteiger partial charge is 0.488 e. The van der Waals surface area contributed by atoms with Gasteiger partial charge in [0.1, 0.15) is 12.6 Å². The Morgan fingerprint density at radius 2 is 2.18 bits per heavy atom. The number of rotatable bonds is 5. The van der Waals surface area contributed by atoms with E-state index in [2.05, 4.69) is 11.4 Å². The van der Waals surface area contributed by atoms with Crippen LogP contribution >= 0.6 is 0 Å². The smallest absolute Gasteiger partial charge is 0.167 e. The minimum atomic E-state index is -0.435. The van der Waals surface area contributed by atoms with Gasteiger partial charge >= 0.3 is 0 Å². The second-order valence-electron chi connectivity index (χ2n) is 4.20. The Labute approximate surface area is 101 Å². The van der Waals surface area contributed by atoms with E-state index >= 15 is 0 Å². The highest BCUT2D eigenvalue weighted by Crippen LogP contribution is 2.19. The number of nitriles is 1. The van der Waals surface area contributed by atoms with E-state index in [-0.39, 0.29) is 24.2 Å². The molecular formula is C13H17FN2O. The summed E-state index contributed by atoms with van der Waals surface area (Å²) in [4.78, 5) is 0. The number of nitrogens with zero attached hydrogens (tertiary/aromatic N) is 1. The fourth-order valence-corrected chi connectivity index (χ4v) is 1.43. The summed E-state index contributed by atoms with van der Waals surface area (Å²) < 4.78 is 18.9. The van der Waals surface area contributed by atoms with Crippen LogP contribution in [0.15, 0.2) is 18.2 Å². The van der Waals surface area contributed by atoms with Gasteiger partial charge in [-0.15, -0.1) is 0 Å². The molecule has 0 aliphatic carbocycles. The summed E-state index contributed by atoms with van der Waals surface area (Å²) in [6.07, 6.45) is 0. The molecule has 0 fully saturated rings. The van der Waals surface area contributed by atoms with Crippen LogP contribution in [-0.2, 0) is 0 Å². The lowest BCUT2D eigenvalue weighted by molar-refractivity contribution is 0.270. The Morgan fingerprint density at radius 3 is 2.76 bits per heavy atom. The molecule has 3 nitrogen and oxygen atoms in total. The van der Waals surface area contributed by atoms with Gasteiger partial charge in [0.25, 0.3) is 0 Å². The van der Waals surface area contributed by atoms with Crippen LogP contribution < -0.4 is 10.1 Å². The number of aryl methyl sites for hydroxylation is 1. The van der Waals surface area contributed by atoms with Crippen molar-refractivity contribution in [1.29, 1.82) is 5.26 Å². The van der Waals surface area contributed by atoms with Gasteiger partial charge in [0.05, 0.1) is 6.07 Å². The molecule has 1 N–H and O–H groups in total. The van der Waals surface area contributed by atoms with Crippen molar-refractivity contribution >= 4 is 0 Å².